The molecule has 0 atom stereocenters. The van der Waals surface area contributed by atoms with Crippen LogP contribution >= 0.6 is 0 Å². The molecule has 0 spiro atoms. The molecule has 0 aromatic rings. The Bertz CT molecular complexity index is 348. The van der Waals surface area contributed by atoms with Gasteiger partial charge in [-0.25, -0.2) is 13.5 Å². The molecule has 0 aliphatic rings. The molecule has 0 aromatic carbocycles. The predicted molar refractivity (Wildman–Crippen MR) is 62.5 cm³/mol. The molecule has 0 saturated carbocycles. The Labute approximate surface area is 96.9 Å². The van der Waals surface area contributed by atoms with E-state index in [2.05, 4.69) is 6.58 Å². The summed E-state index contributed by atoms with van der Waals surface area (Å²) in [6, 6.07) is 0. The van der Waals surface area contributed by atoms with Gasteiger partial charge in [-0.2, -0.15) is 0 Å². The fraction of sp³-hybridized carbons (Fsp3) is 0.700. The van der Waals surface area contributed by atoms with E-state index in [4.69, 9.17) is 4.84 Å². The normalized spacial score (nSPS) is 11.2. The van der Waals surface area contributed by atoms with E-state index in [1.54, 1.807) is 6.92 Å². The first kappa shape index (κ1) is 15.1. The monoisotopic (exact) mass is 249 g/mol. The molecule has 0 aliphatic heterocycles. The highest BCUT2D eigenvalue weighted by molar-refractivity contribution is 7.90. The van der Waals surface area contributed by atoms with Gasteiger partial charge in [0.25, 0.3) is 5.91 Å². The van der Waals surface area contributed by atoms with Gasteiger partial charge in [0.2, 0.25) is 0 Å². The maximum atomic E-state index is 11.4. The third-order valence-corrected chi connectivity index (χ3v) is 2.97. The number of hydrogen-bond donors (Lipinski definition) is 0. The van der Waals surface area contributed by atoms with Crippen LogP contribution in [0.5, 0.6) is 0 Å². The van der Waals surface area contributed by atoms with Crippen molar-refractivity contribution in [1.82, 2.24) is 5.06 Å². The maximum absolute atomic E-state index is 11.4. The number of rotatable bonds is 7. The number of carbonyl (C=O) groups excluding carboxylic acids is 1. The molecular weight excluding hydrogens is 230 g/mol. The summed E-state index contributed by atoms with van der Waals surface area (Å²) in [4.78, 5) is 16.3. The third kappa shape index (κ3) is 6.58. The largest absolute Gasteiger partial charge is 0.274 e. The Morgan fingerprint density at radius 3 is 2.31 bits per heavy atom. The van der Waals surface area contributed by atoms with Gasteiger partial charge in [0.05, 0.1) is 7.11 Å². The van der Waals surface area contributed by atoms with E-state index in [0.717, 1.165) is 0 Å². The lowest BCUT2D eigenvalue weighted by molar-refractivity contribution is -0.171. The molecule has 0 aromatic heterocycles. The summed E-state index contributed by atoms with van der Waals surface area (Å²) in [6.07, 6.45) is 2.29. The topological polar surface area (TPSA) is 63.7 Å². The molecule has 0 saturated heterocycles. The van der Waals surface area contributed by atoms with E-state index >= 15 is 0 Å². The maximum Gasteiger partial charge on any atom is 0.272 e. The van der Waals surface area contributed by atoms with Crippen LogP contribution in [-0.4, -0.2) is 45.1 Å². The first-order valence-corrected chi connectivity index (χ1v) is 7.03. The van der Waals surface area contributed by atoms with Crippen LogP contribution in [-0.2, 0) is 19.5 Å². The van der Waals surface area contributed by atoms with Gasteiger partial charge in [-0.05, 0) is 19.8 Å². The summed E-state index contributed by atoms with van der Waals surface area (Å²) < 4.78 is 21.7. The van der Waals surface area contributed by atoms with Crippen molar-refractivity contribution in [1.29, 1.82) is 0 Å². The highest BCUT2D eigenvalue weighted by atomic mass is 32.2. The number of sulfone groups is 1. The van der Waals surface area contributed by atoms with Crippen LogP contribution in [0.15, 0.2) is 12.2 Å². The van der Waals surface area contributed by atoms with E-state index in [-0.39, 0.29) is 11.7 Å². The molecular formula is C10H19NO4S. The Morgan fingerprint density at radius 2 is 1.94 bits per heavy atom. The Morgan fingerprint density at radius 1 is 1.38 bits per heavy atom. The molecule has 0 N–H and O–H groups in total. The van der Waals surface area contributed by atoms with Crippen LogP contribution in [0.4, 0.5) is 0 Å². The smallest absolute Gasteiger partial charge is 0.272 e. The molecule has 0 aliphatic carbocycles. The standard InChI is InChI=1S/C10H19NO4S/c1-9(2)10(12)11(15-3)7-5-6-8-16(4,13)14/h1,5-8H2,2-4H3. The van der Waals surface area contributed by atoms with Crippen molar-refractivity contribution in [2.45, 2.75) is 19.8 Å². The van der Waals surface area contributed by atoms with Crippen molar-refractivity contribution >= 4 is 15.7 Å². The summed E-state index contributed by atoms with van der Waals surface area (Å²) in [7, 11) is -1.53. The zero-order valence-corrected chi connectivity index (χ0v) is 10.8. The summed E-state index contributed by atoms with van der Waals surface area (Å²) in [5.74, 6) is -0.145. The van der Waals surface area contributed by atoms with Crippen LogP contribution in [0.3, 0.4) is 0 Å². The van der Waals surface area contributed by atoms with Crippen molar-refractivity contribution in [2.75, 3.05) is 25.7 Å². The van der Waals surface area contributed by atoms with Crippen LogP contribution in [0.2, 0.25) is 0 Å². The highest BCUT2D eigenvalue weighted by Crippen LogP contribution is 2.03. The van der Waals surface area contributed by atoms with Gasteiger partial charge in [0, 0.05) is 24.1 Å². The minimum atomic E-state index is -2.93. The molecule has 0 fully saturated rings. The zero-order valence-electron chi connectivity index (χ0n) is 10.0. The Balaban J connectivity index is 3.98. The SMILES string of the molecule is C=C(C)C(=O)N(CCCCS(C)(=O)=O)OC. The fourth-order valence-electron chi connectivity index (χ4n) is 1.11. The second-order valence-electron chi connectivity index (χ2n) is 3.71. The second-order valence-corrected chi connectivity index (χ2v) is 5.97. The Kier molecular flexibility index (Phi) is 6.28. The average Bonchev–Trinajstić information content (AvgIpc) is 2.15. The molecule has 1 amide bonds. The van der Waals surface area contributed by atoms with E-state index in [9.17, 15) is 13.2 Å². The molecule has 0 unspecified atom stereocenters. The molecule has 5 nitrogen and oxygen atoms in total. The van der Waals surface area contributed by atoms with Gasteiger partial charge >= 0.3 is 0 Å². The van der Waals surface area contributed by atoms with Gasteiger partial charge in [0.15, 0.2) is 0 Å². The number of hydroxylamine groups is 2. The van der Waals surface area contributed by atoms with Gasteiger partial charge in [0.1, 0.15) is 9.84 Å². The fourth-order valence-corrected chi connectivity index (χ4v) is 1.84. The summed E-state index contributed by atoms with van der Waals surface area (Å²) in [5.41, 5.74) is 0.393. The molecule has 0 bridgehead atoms. The van der Waals surface area contributed by atoms with E-state index in [1.807, 2.05) is 0 Å². The second kappa shape index (κ2) is 6.65. The van der Waals surface area contributed by atoms with Crippen LogP contribution in [0.25, 0.3) is 0 Å². The summed E-state index contributed by atoms with van der Waals surface area (Å²) in [6.45, 7) is 5.50. The van der Waals surface area contributed by atoms with Crippen LogP contribution in [0.1, 0.15) is 19.8 Å². The number of nitrogens with zero attached hydrogens (tertiary/aromatic N) is 1. The minimum Gasteiger partial charge on any atom is -0.274 e. The Hall–Kier alpha value is -0.880. The molecule has 6 heteroatoms. The van der Waals surface area contributed by atoms with Gasteiger partial charge in [-0.15, -0.1) is 0 Å². The van der Waals surface area contributed by atoms with Crippen molar-refractivity contribution in [2.24, 2.45) is 0 Å². The van der Waals surface area contributed by atoms with E-state index < -0.39 is 9.84 Å². The molecule has 0 radical (unpaired) electrons. The zero-order chi connectivity index (χ0) is 12.8. The molecule has 94 valence electrons. The minimum absolute atomic E-state index is 0.131. The van der Waals surface area contributed by atoms with Crippen LogP contribution < -0.4 is 0 Å². The van der Waals surface area contributed by atoms with Crippen molar-refractivity contribution in [3.05, 3.63) is 12.2 Å². The molecule has 16 heavy (non-hydrogen) atoms. The first-order valence-electron chi connectivity index (χ1n) is 4.97. The van der Waals surface area contributed by atoms with Gasteiger partial charge in [-0.1, -0.05) is 6.58 Å². The van der Waals surface area contributed by atoms with E-state index in [1.165, 1.54) is 18.4 Å². The number of amides is 1. The molecule has 0 rings (SSSR count). The summed E-state index contributed by atoms with van der Waals surface area (Å²) in [5, 5.41) is 1.19. The highest BCUT2D eigenvalue weighted by Gasteiger charge is 2.13. The lowest BCUT2D eigenvalue weighted by Crippen LogP contribution is -2.31. The number of carbonyl (C=O) groups is 1. The average molecular weight is 249 g/mol. The first-order chi connectivity index (χ1) is 7.28. The lowest BCUT2D eigenvalue weighted by Gasteiger charge is -2.19. The van der Waals surface area contributed by atoms with Crippen molar-refractivity contribution in [3.8, 4) is 0 Å². The van der Waals surface area contributed by atoms with Gasteiger partial charge in [-0.3, -0.25) is 9.63 Å². The van der Waals surface area contributed by atoms with Crippen molar-refractivity contribution < 1.29 is 18.0 Å². The van der Waals surface area contributed by atoms with Gasteiger partial charge < -0.3 is 0 Å². The predicted octanol–water partition coefficient (Wildman–Crippen LogP) is 0.777. The number of unbranched alkanes of at least 4 members (excludes halogenated alkanes) is 1. The van der Waals surface area contributed by atoms with E-state index in [0.29, 0.717) is 25.0 Å². The number of hydrogen-bond acceptors (Lipinski definition) is 4. The van der Waals surface area contributed by atoms with Crippen LogP contribution in [0, 0.1) is 0 Å². The lowest BCUT2D eigenvalue weighted by atomic mass is 10.3. The van der Waals surface area contributed by atoms with Crippen molar-refractivity contribution in [3.63, 3.8) is 0 Å². The third-order valence-electron chi connectivity index (χ3n) is 1.94. The summed E-state index contributed by atoms with van der Waals surface area (Å²) >= 11 is 0. The quantitative estimate of drug-likeness (QED) is 0.380. The molecule has 0 heterocycles.